The second kappa shape index (κ2) is 5.54. The first-order chi connectivity index (χ1) is 7.50. The lowest BCUT2D eigenvalue weighted by molar-refractivity contribution is -0.131. The maximum Gasteiger partial charge on any atom is 0.222 e. The molecule has 0 atom stereocenters. The number of amides is 1. The first-order valence-electron chi connectivity index (χ1n) is 5.58. The Kier molecular flexibility index (Phi) is 4.35. The topological polar surface area (TPSA) is 46.3 Å². The van der Waals surface area contributed by atoms with Crippen LogP contribution in [-0.2, 0) is 11.3 Å². The van der Waals surface area contributed by atoms with Crippen LogP contribution in [0.3, 0.4) is 0 Å². The van der Waals surface area contributed by atoms with E-state index in [0.29, 0.717) is 18.9 Å². The summed E-state index contributed by atoms with van der Waals surface area (Å²) in [6, 6.07) is 7.64. The zero-order chi connectivity index (χ0) is 12.1. The van der Waals surface area contributed by atoms with Crippen molar-refractivity contribution in [1.29, 1.82) is 0 Å². The van der Waals surface area contributed by atoms with E-state index in [1.165, 1.54) is 0 Å². The second-order valence-corrected chi connectivity index (χ2v) is 4.55. The Balaban J connectivity index is 2.61. The van der Waals surface area contributed by atoms with Gasteiger partial charge in [0.2, 0.25) is 5.91 Å². The summed E-state index contributed by atoms with van der Waals surface area (Å²) in [6.45, 7) is 4.67. The van der Waals surface area contributed by atoms with E-state index in [9.17, 15) is 4.79 Å². The smallest absolute Gasteiger partial charge is 0.222 e. The largest absolute Gasteiger partial charge is 0.398 e. The molecule has 0 unspecified atom stereocenters. The standard InChI is InChI=1S/C13H20N2O/c1-10(2)8-13(16)15(3)9-11-6-4-5-7-12(11)14/h4-7,10H,8-9,14H2,1-3H3. The van der Waals surface area contributed by atoms with Crippen molar-refractivity contribution in [2.75, 3.05) is 12.8 Å². The number of para-hydroxylation sites is 1. The Bertz CT molecular complexity index is 361. The van der Waals surface area contributed by atoms with Gasteiger partial charge in [0.05, 0.1) is 0 Å². The number of hydrogen-bond acceptors (Lipinski definition) is 2. The van der Waals surface area contributed by atoms with E-state index in [1.54, 1.807) is 4.90 Å². The number of carbonyl (C=O) groups is 1. The van der Waals surface area contributed by atoms with Gasteiger partial charge in [0, 0.05) is 25.7 Å². The van der Waals surface area contributed by atoms with Crippen molar-refractivity contribution in [3.05, 3.63) is 29.8 Å². The first-order valence-corrected chi connectivity index (χ1v) is 5.58. The molecule has 0 fully saturated rings. The van der Waals surface area contributed by atoms with Gasteiger partial charge >= 0.3 is 0 Å². The molecule has 0 bridgehead atoms. The second-order valence-electron chi connectivity index (χ2n) is 4.55. The van der Waals surface area contributed by atoms with Gasteiger partial charge in [0.1, 0.15) is 0 Å². The molecule has 1 amide bonds. The van der Waals surface area contributed by atoms with Gasteiger partial charge in [-0.1, -0.05) is 32.0 Å². The zero-order valence-corrected chi connectivity index (χ0v) is 10.2. The predicted octanol–water partition coefficient (Wildman–Crippen LogP) is 2.27. The average Bonchev–Trinajstić information content (AvgIpc) is 2.20. The Morgan fingerprint density at radius 2 is 2.00 bits per heavy atom. The molecule has 88 valence electrons. The lowest BCUT2D eigenvalue weighted by atomic mass is 10.1. The Hall–Kier alpha value is -1.51. The third-order valence-electron chi connectivity index (χ3n) is 2.47. The predicted molar refractivity (Wildman–Crippen MR) is 66.8 cm³/mol. The highest BCUT2D eigenvalue weighted by Gasteiger charge is 2.11. The van der Waals surface area contributed by atoms with Crippen LogP contribution in [0.4, 0.5) is 5.69 Å². The van der Waals surface area contributed by atoms with Gasteiger partial charge < -0.3 is 10.6 Å². The summed E-state index contributed by atoms with van der Waals surface area (Å²) in [7, 11) is 1.82. The summed E-state index contributed by atoms with van der Waals surface area (Å²) in [4.78, 5) is 13.5. The van der Waals surface area contributed by atoms with Crippen LogP contribution in [-0.4, -0.2) is 17.9 Å². The molecule has 0 aromatic heterocycles. The summed E-state index contributed by atoms with van der Waals surface area (Å²) in [6.07, 6.45) is 0.587. The minimum Gasteiger partial charge on any atom is -0.398 e. The molecule has 0 aliphatic heterocycles. The van der Waals surface area contributed by atoms with Gasteiger partial charge in [0.15, 0.2) is 0 Å². The first kappa shape index (κ1) is 12.6. The minimum atomic E-state index is 0.165. The number of benzene rings is 1. The molecule has 16 heavy (non-hydrogen) atoms. The summed E-state index contributed by atoms with van der Waals surface area (Å²) in [5.74, 6) is 0.557. The fourth-order valence-corrected chi connectivity index (χ4v) is 1.53. The van der Waals surface area contributed by atoms with Crippen molar-refractivity contribution in [3.63, 3.8) is 0 Å². The number of nitrogens with zero attached hydrogens (tertiary/aromatic N) is 1. The molecular weight excluding hydrogens is 200 g/mol. The van der Waals surface area contributed by atoms with E-state index in [-0.39, 0.29) is 5.91 Å². The van der Waals surface area contributed by atoms with Crippen LogP contribution in [0.1, 0.15) is 25.8 Å². The van der Waals surface area contributed by atoms with Crippen LogP contribution in [0.2, 0.25) is 0 Å². The molecule has 0 saturated heterocycles. The van der Waals surface area contributed by atoms with E-state index in [4.69, 9.17) is 5.73 Å². The van der Waals surface area contributed by atoms with Crippen LogP contribution >= 0.6 is 0 Å². The summed E-state index contributed by atoms with van der Waals surface area (Å²) in [5, 5.41) is 0. The van der Waals surface area contributed by atoms with Crippen molar-refractivity contribution >= 4 is 11.6 Å². The molecule has 0 heterocycles. The fourth-order valence-electron chi connectivity index (χ4n) is 1.53. The van der Waals surface area contributed by atoms with E-state index in [2.05, 4.69) is 0 Å². The molecule has 1 aromatic rings. The molecule has 1 aromatic carbocycles. The van der Waals surface area contributed by atoms with Crippen LogP contribution < -0.4 is 5.73 Å². The SMILES string of the molecule is CC(C)CC(=O)N(C)Cc1ccccc1N. The summed E-state index contributed by atoms with van der Waals surface area (Å²) < 4.78 is 0. The van der Waals surface area contributed by atoms with Gasteiger partial charge in [-0.2, -0.15) is 0 Å². The van der Waals surface area contributed by atoms with Gasteiger partial charge in [-0.05, 0) is 17.5 Å². The van der Waals surface area contributed by atoms with Gasteiger partial charge in [-0.3, -0.25) is 4.79 Å². The number of hydrogen-bond donors (Lipinski definition) is 1. The quantitative estimate of drug-likeness (QED) is 0.791. The van der Waals surface area contributed by atoms with Gasteiger partial charge in [-0.15, -0.1) is 0 Å². The van der Waals surface area contributed by atoms with E-state index < -0.39 is 0 Å². The number of nitrogens with two attached hydrogens (primary N) is 1. The van der Waals surface area contributed by atoms with E-state index >= 15 is 0 Å². The van der Waals surface area contributed by atoms with Crippen molar-refractivity contribution in [2.24, 2.45) is 5.92 Å². The van der Waals surface area contributed by atoms with Gasteiger partial charge in [-0.25, -0.2) is 0 Å². The molecule has 3 nitrogen and oxygen atoms in total. The third-order valence-corrected chi connectivity index (χ3v) is 2.47. The van der Waals surface area contributed by atoms with Crippen LogP contribution in [0.5, 0.6) is 0 Å². The lowest BCUT2D eigenvalue weighted by Crippen LogP contribution is -2.27. The van der Waals surface area contributed by atoms with Crippen LogP contribution in [0.15, 0.2) is 24.3 Å². The van der Waals surface area contributed by atoms with Crippen molar-refractivity contribution in [2.45, 2.75) is 26.8 Å². The monoisotopic (exact) mass is 220 g/mol. The third kappa shape index (κ3) is 3.57. The normalized spacial score (nSPS) is 10.5. The molecule has 0 aliphatic carbocycles. The molecule has 0 saturated carbocycles. The average molecular weight is 220 g/mol. The van der Waals surface area contributed by atoms with Crippen LogP contribution in [0.25, 0.3) is 0 Å². The maximum atomic E-state index is 11.8. The number of nitrogen functional groups attached to an aromatic ring is 1. The molecule has 0 radical (unpaired) electrons. The molecule has 1 rings (SSSR count). The van der Waals surface area contributed by atoms with Crippen molar-refractivity contribution in [1.82, 2.24) is 4.90 Å². The summed E-state index contributed by atoms with van der Waals surface area (Å²) >= 11 is 0. The van der Waals surface area contributed by atoms with Crippen LogP contribution in [0, 0.1) is 5.92 Å². The molecule has 0 spiro atoms. The number of rotatable bonds is 4. The Morgan fingerprint density at radius 3 is 2.56 bits per heavy atom. The molecule has 2 N–H and O–H groups in total. The number of anilines is 1. The molecule has 3 heteroatoms. The van der Waals surface area contributed by atoms with Crippen molar-refractivity contribution in [3.8, 4) is 0 Å². The van der Waals surface area contributed by atoms with Gasteiger partial charge in [0.25, 0.3) is 0 Å². The van der Waals surface area contributed by atoms with E-state index in [1.807, 2.05) is 45.2 Å². The highest BCUT2D eigenvalue weighted by atomic mass is 16.2. The minimum absolute atomic E-state index is 0.165. The lowest BCUT2D eigenvalue weighted by Gasteiger charge is -2.19. The fraction of sp³-hybridized carbons (Fsp3) is 0.462. The van der Waals surface area contributed by atoms with Crippen molar-refractivity contribution < 1.29 is 4.79 Å². The molecule has 0 aliphatic rings. The molecular formula is C13H20N2O. The maximum absolute atomic E-state index is 11.8. The Labute approximate surface area is 97.2 Å². The zero-order valence-electron chi connectivity index (χ0n) is 10.2. The highest BCUT2D eigenvalue weighted by molar-refractivity contribution is 5.76. The highest BCUT2D eigenvalue weighted by Crippen LogP contribution is 2.13. The van der Waals surface area contributed by atoms with E-state index in [0.717, 1.165) is 11.3 Å². The summed E-state index contributed by atoms with van der Waals surface area (Å²) in [5.41, 5.74) is 7.58. The number of carbonyl (C=O) groups excluding carboxylic acids is 1. The Morgan fingerprint density at radius 1 is 1.38 bits per heavy atom.